The van der Waals surface area contributed by atoms with E-state index in [-0.39, 0.29) is 11.8 Å². The van der Waals surface area contributed by atoms with Gasteiger partial charge in [-0.1, -0.05) is 0 Å². The molecule has 6 nitrogen and oxygen atoms in total. The summed E-state index contributed by atoms with van der Waals surface area (Å²) in [6.45, 7) is 3.67. The fourth-order valence-corrected chi connectivity index (χ4v) is 3.21. The fraction of sp³-hybridized carbons (Fsp3) is 0.529. The summed E-state index contributed by atoms with van der Waals surface area (Å²) in [4.78, 5) is 25.3. The Bertz CT molecular complexity index is 615. The van der Waals surface area contributed by atoms with Crippen LogP contribution in [0.15, 0.2) is 18.2 Å². The number of hydrogen-bond acceptors (Lipinski definition) is 4. The summed E-state index contributed by atoms with van der Waals surface area (Å²) in [6.07, 6.45) is 1.13. The predicted molar refractivity (Wildman–Crippen MR) is 82.6 cm³/mol. The van der Waals surface area contributed by atoms with Crippen molar-refractivity contribution in [1.82, 2.24) is 4.90 Å². The summed E-state index contributed by atoms with van der Waals surface area (Å²) >= 11 is 0. The Morgan fingerprint density at radius 3 is 2.91 bits per heavy atom. The maximum Gasteiger partial charge on any atom is 0.308 e. The second-order valence-corrected chi connectivity index (χ2v) is 6.02. The largest absolute Gasteiger partial charge is 0.494 e. The molecule has 0 radical (unpaired) electrons. The van der Waals surface area contributed by atoms with E-state index in [0.717, 1.165) is 17.1 Å². The Balaban J connectivity index is 1.68. The number of benzene rings is 1. The van der Waals surface area contributed by atoms with Crippen molar-refractivity contribution in [3.8, 4) is 11.5 Å². The zero-order valence-corrected chi connectivity index (χ0v) is 13.2. The predicted octanol–water partition coefficient (Wildman–Crippen LogP) is 1.57. The number of likely N-dealkylation sites (tertiary alicyclic amines) is 1. The number of ether oxygens (including phenoxy) is 2. The Labute approximate surface area is 135 Å². The molecule has 0 aliphatic carbocycles. The molecule has 2 heterocycles. The minimum Gasteiger partial charge on any atom is -0.494 e. The number of carbonyl (C=O) groups excluding carboxylic acids is 1. The Kier molecular flexibility index (Phi) is 4.41. The third kappa shape index (κ3) is 3.25. The van der Waals surface area contributed by atoms with Crippen LogP contribution in [-0.4, -0.2) is 48.2 Å². The molecular formula is C17H21NO5. The van der Waals surface area contributed by atoms with Crippen molar-refractivity contribution >= 4 is 11.9 Å². The van der Waals surface area contributed by atoms with E-state index in [9.17, 15) is 9.59 Å². The normalized spacial score (nSPS) is 23.1. The topological polar surface area (TPSA) is 76.1 Å². The lowest BCUT2D eigenvalue weighted by Crippen LogP contribution is -2.40. The van der Waals surface area contributed by atoms with Crippen LogP contribution in [0.3, 0.4) is 0 Å². The highest BCUT2D eigenvalue weighted by molar-refractivity contribution is 5.81. The molecule has 1 aromatic rings. The van der Waals surface area contributed by atoms with Gasteiger partial charge in [-0.05, 0) is 43.5 Å². The lowest BCUT2D eigenvalue weighted by molar-refractivity contribution is -0.141. The molecule has 0 bridgehead atoms. The van der Waals surface area contributed by atoms with Crippen LogP contribution < -0.4 is 9.47 Å². The number of carboxylic acid groups (broad SMARTS) is 1. The molecule has 1 aromatic carbocycles. The van der Waals surface area contributed by atoms with Gasteiger partial charge in [-0.2, -0.15) is 0 Å². The van der Waals surface area contributed by atoms with Gasteiger partial charge in [-0.15, -0.1) is 0 Å². The second kappa shape index (κ2) is 6.48. The zero-order chi connectivity index (χ0) is 16.4. The van der Waals surface area contributed by atoms with Crippen molar-refractivity contribution in [3.05, 3.63) is 23.8 Å². The third-order valence-electron chi connectivity index (χ3n) is 4.45. The van der Waals surface area contributed by atoms with Crippen molar-refractivity contribution in [3.63, 3.8) is 0 Å². The van der Waals surface area contributed by atoms with Gasteiger partial charge >= 0.3 is 5.97 Å². The van der Waals surface area contributed by atoms with Crippen LogP contribution in [0, 0.1) is 11.8 Å². The van der Waals surface area contributed by atoms with E-state index in [2.05, 4.69) is 0 Å². The van der Waals surface area contributed by atoms with Gasteiger partial charge in [-0.3, -0.25) is 9.59 Å². The summed E-state index contributed by atoms with van der Waals surface area (Å²) in [6, 6.07) is 5.65. The average molecular weight is 319 g/mol. The quantitative estimate of drug-likeness (QED) is 0.911. The Hall–Kier alpha value is -2.24. The van der Waals surface area contributed by atoms with Crippen molar-refractivity contribution in [2.45, 2.75) is 19.8 Å². The van der Waals surface area contributed by atoms with E-state index in [1.807, 2.05) is 25.1 Å². The number of carboxylic acids is 1. The first-order valence-corrected chi connectivity index (χ1v) is 7.98. The van der Waals surface area contributed by atoms with E-state index in [1.54, 1.807) is 4.90 Å². The first-order chi connectivity index (χ1) is 11.1. The highest BCUT2D eigenvalue weighted by Gasteiger charge is 2.35. The van der Waals surface area contributed by atoms with Gasteiger partial charge in [0.25, 0.3) is 0 Å². The molecule has 0 spiro atoms. The standard InChI is InChI=1S/C17H21NO5/c1-2-22-14-3-4-15-12(8-14)7-13(10-23-15)16(19)18-6-5-11(9-18)17(20)21/h3-4,8,11,13H,2,5-7,9-10H2,1H3,(H,20,21). The fourth-order valence-electron chi connectivity index (χ4n) is 3.21. The Morgan fingerprint density at radius 1 is 1.39 bits per heavy atom. The number of hydrogen-bond donors (Lipinski definition) is 1. The first kappa shape index (κ1) is 15.6. The molecular weight excluding hydrogens is 298 g/mol. The highest BCUT2D eigenvalue weighted by Crippen LogP contribution is 2.32. The average Bonchev–Trinajstić information content (AvgIpc) is 3.04. The van der Waals surface area contributed by atoms with Gasteiger partial charge in [0.05, 0.1) is 18.4 Å². The minimum atomic E-state index is -0.827. The van der Waals surface area contributed by atoms with Gasteiger partial charge in [0.1, 0.15) is 18.1 Å². The number of rotatable bonds is 4. The van der Waals surface area contributed by atoms with Crippen LogP contribution in [0.25, 0.3) is 0 Å². The van der Waals surface area contributed by atoms with E-state index in [1.165, 1.54) is 0 Å². The van der Waals surface area contributed by atoms with Crippen molar-refractivity contribution < 1.29 is 24.2 Å². The number of amides is 1. The van der Waals surface area contributed by atoms with Crippen molar-refractivity contribution in [2.75, 3.05) is 26.3 Å². The van der Waals surface area contributed by atoms with Crippen LogP contribution in [-0.2, 0) is 16.0 Å². The lowest BCUT2D eigenvalue weighted by atomic mass is 9.95. The summed E-state index contributed by atoms with van der Waals surface area (Å²) < 4.78 is 11.2. The SMILES string of the molecule is CCOc1ccc2c(c1)CC(C(=O)N1CCC(C(=O)O)C1)CO2. The first-order valence-electron chi connectivity index (χ1n) is 7.98. The smallest absolute Gasteiger partial charge is 0.308 e. The molecule has 1 fully saturated rings. The van der Waals surface area contributed by atoms with Gasteiger partial charge < -0.3 is 19.5 Å². The van der Waals surface area contributed by atoms with Crippen LogP contribution in [0.1, 0.15) is 18.9 Å². The molecule has 124 valence electrons. The maximum atomic E-state index is 12.6. The molecule has 23 heavy (non-hydrogen) atoms. The van der Waals surface area contributed by atoms with Crippen molar-refractivity contribution in [1.29, 1.82) is 0 Å². The monoisotopic (exact) mass is 319 g/mol. The van der Waals surface area contributed by atoms with Gasteiger partial charge in [0, 0.05) is 13.1 Å². The van der Waals surface area contributed by atoms with Gasteiger partial charge in [-0.25, -0.2) is 0 Å². The summed E-state index contributed by atoms with van der Waals surface area (Å²) in [5.74, 6) is 0.0257. The van der Waals surface area contributed by atoms with Crippen LogP contribution in [0.5, 0.6) is 11.5 Å². The molecule has 2 atom stereocenters. The lowest BCUT2D eigenvalue weighted by Gasteiger charge is -2.28. The molecule has 6 heteroatoms. The van der Waals surface area contributed by atoms with Crippen LogP contribution in [0.4, 0.5) is 0 Å². The summed E-state index contributed by atoms with van der Waals surface area (Å²) in [5.41, 5.74) is 0.967. The van der Waals surface area contributed by atoms with Crippen LogP contribution >= 0.6 is 0 Å². The van der Waals surface area contributed by atoms with E-state index >= 15 is 0 Å². The number of nitrogens with zero attached hydrogens (tertiary/aromatic N) is 1. The maximum absolute atomic E-state index is 12.6. The molecule has 2 aliphatic heterocycles. The molecule has 2 unspecified atom stereocenters. The van der Waals surface area contributed by atoms with Crippen molar-refractivity contribution in [2.24, 2.45) is 11.8 Å². The number of aliphatic carboxylic acids is 1. The second-order valence-electron chi connectivity index (χ2n) is 6.02. The molecule has 0 saturated carbocycles. The van der Waals surface area contributed by atoms with Gasteiger partial charge in [0.2, 0.25) is 5.91 Å². The number of carbonyl (C=O) groups is 2. The molecule has 3 rings (SSSR count). The molecule has 1 amide bonds. The molecule has 1 saturated heterocycles. The number of fused-ring (bicyclic) bond motifs is 1. The van der Waals surface area contributed by atoms with E-state index < -0.39 is 11.9 Å². The minimum absolute atomic E-state index is 0.0128. The van der Waals surface area contributed by atoms with E-state index in [0.29, 0.717) is 39.1 Å². The Morgan fingerprint density at radius 2 is 2.22 bits per heavy atom. The third-order valence-corrected chi connectivity index (χ3v) is 4.45. The van der Waals surface area contributed by atoms with Crippen LogP contribution in [0.2, 0.25) is 0 Å². The summed E-state index contributed by atoms with van der Waals surface area (Å²) in [5, 5.41) is 9.06. The highest BCUT2D eigenvalue weighted by atomic mass is 16.5. The zero-order valence-electron chi connectivity index (χ0n) is 13.2. The molecule has 1 N–H and O–H groups in total. The molecule has 2 aliphatic rings. The van der Waals surface area contributed by atoms with E-state index in [4.69, 9.17) is 14.6 Å². The summed E-state index contributed by atoms with van der Waals surface area (Å²) in [7, 11) is 0. The van der Waals surface area contributed by atoms with Gasteiger partial charge in [0.15, 0.2) is 0 Å². The molecule has 0 aromatic heterocycles.